The molecule has 2 aliphatic heterocycles. The first-order valence-corrected chi connectivity index (χ1v) is 9.49. The summed E-state index contributed by atoms with van der Waals surface area (Å²) in [6.45, 7) is 2.14. The number of halogens is 1. The second-order valence-corrected chi connectivity index (χ2v) is 7.46. The number of hydrogen-bond acceptors (Lipinski definition) is 3. The SMILES string of the molecule is O=C(O)CC1CCN(C(=O)C2CCCN(C(=O)c3ccc(F)cc3)C2)CC1. The summed E-state index contributed by atoms with van der Waals surface area (Å²) in [7, 11) is 0. The minimum atomic E-state index is -0.790. The van der Waals surface area contributed by atoms with Crippen LogP contribution in [0.5, 0.6) is 0 Å². The summed E-state index contributed by atoms with van der Waals surface area (Å²) in [6.07, 6.45) is 3.09. The number of carbonyl (C=O) groups is 3. The molecule has 0 aliphatic carbocycles. The van der Waals surface area contributed by atoms with Crippen molar-refractivity contribution in [2.75, 3.05) is 26.2 Å². The van der Waals surface area contributed by atoms with Gasteiger partial charge in [-0.25, -0.2) is 4.39 Å². The van der Waals surface area contributed by atoms with Gasteiger partial charge in [0, 0.05) is 38.2 Å². The molecule has 2 amide bonds. The number of carboxylic acids is 1. The topological polar surface area (TPSA) is 77.9 Å². The van der Waals surface area contributed by atoms with E-state index in [-0.39, 0.29) is 35.9 Å². The van der Waals surface area contributed by atoms with Crippen LogP contribution in [-0.2, 0) is 9.59 Å². The molecule has 1 N–H and O–H groups in total. The summed E-state index contributed by atoms with van der Waals surface area (Å²) >= 11 is 0. The lowest BCUT2D eigenvalue weighted by molar-refractivity contribution is -0.140. The van der Waals surface area contributed by atoms with E-state index in [4.69, 9.17) is 5.11 Å². The van der Waals surface area contributed by atoms with Gasteiger partial charge in [-0.3, -0.25) is 14.4 Å². The first-order chi connectivity index (χ1) is 12.9. The minimum absolute atomic E-state index is 0.0559. The van der Waals surface area contributed by atoms with Crippen molar-refractivity contribution in [3.8, 4) is 0 Å². The van der Waals surface area contributed by atoms with Crippen molar-refractivity contribution in [1.29, 1.82) is 0 Å². The summed E-state index contributed by atoms with van der Waals surface area (Å²) < 4.78 is 13.1. The van der Waals surface area contributed by atoms with Gasteiger partial charge in [0.05, 0.1) is 5.92 Å². The Kier molecular flexibility index (Phi) is 6.08. The molecule has 2 heterocycles. The monoisotopic (exact) mass is 376 g/mol. The molecule has 27 heavy (non-hydrogen) atoms. The van der Waals surface area contributed by atoms with Gasteiger partial charge in [0.2, 0.25) is 5.91 Å². The van der Waals surface area contributed by atoms with Gasteiger partial charge in [-0.2, -0.15) is 0 Å². The number of rotatable bonds is 4. The fourth-order valence-corrected chi connectivity index (χ4v) is 4.00. The highest BCUT2D eigenvalue weighted by Gasteiger charge is 2.33. The summed E-state index contributed by atoms with van der Waals surface area (Å²) in [4.78, 5) is 39.8. The van der Waals surface area contributed by atoms with Crippen LogP contribution < -0.4 is 0 Å². The molecule has 1 unspecified atom stereocenters. The molecule has 146 valence electrons. The standard InChI is InChI=1S/C20H25FN2O4/c21-17-5-3-15(4-6-17)19(26)23-9-1-2-16(13-23)20(27)22-10-7-14(8-11-22)12-18(24)25/h3-6,14,16H,1-2,7-13H2,(H,24,25). The second kappa shape index (κ2) is 8.50. The van der Waals surface area contributed by atoms with Crippen molar-refractivity contribution in [3.05, 3.63) is 35.6 Å². The Balaban J connectivity index is 1.56. The normalized spacial score (nSPS) is 21.1. The smallest absolute Gasteiger partial charge is 0.303 e. The number of aliphatic carboxylic acids is 1. The van der Waals surface area contributed by atoms with Crippen LogP contribution in [0.1, 0.15) is 42.5 Å². The van der Waals surface area contributed by atoms with E-state index in [0.717, 1.165) is 12.8 Å². The third kappa shape index (κ3) is 4.84. The van der Waals surface area contributed by atoms with E-state index in [2.05, 4.69) is 0 Å². The van der Waals surface area contributed by atoms with Gasteiger partial charge < -0.3 is 14.9 Å². The largest absolute Gasteiger partial charge is 0.481 e. The predicted octanol–water partition coefficient (Wildman–Crippen LogP) is 2.39. The van der Waals surface area contributed by atoms with E-state index >= 15 is 0 Å². The number of amides is 2. The molecule has 0 spiro atoms. The van der Waals surface area contributed by atoms with E-state index in [0.29, 0.717) is 44.6 Å². The van der Waals surface area contributed by atoms with Gasteiger partial charge in [0.1, 0.15) is 5.82 Å². The van der Waals surface area contributed by atoms with Crippen LogP contribution in [0.15, 0.2) is 24.3 Å². The van der Waals surface area contributed by atoms with Gasteiger partial charge in [-0.1, -0.05) is 0 Å². The number of benzene rings is 1. The highest BCUT2D eigenvalue weighted by atomic mass is 19.1. The zero-order valence-electron chi connectivity index (χ0n) is 15.3. The highest BCUT2D eigenvalue weighted by Crippen LogP contribution is 2.25. The number of likely N-dealkylation sites (tertiary alicyclic amines) is 2. The van der Waals surface area contributed by atoms with Crippen LogP contribution in [0.2, 0.25) is 0 Å². The van der Waals surface area contributed by atoms with E-state index in [1.54, 1.807) is 4.90 Å². The van der Waals surface area contributed by atoms with Gasteiger partial charge in [-0.15, -0.1) is 0 Å². The van der Waals surface area contributed by atoms with Crippen LogP contribution in [0.25, 0.3) is 0 Å². The summed E-state index contributed by atoms with van der Waals surface area (Å²) in [5.74, 6) is -1.38. The highest BCUT2D eigenvalue weighted by molar-refractivity contribution is 5.94. The average molecular weight is 376 g/mol. The summed E-state index contributed by atoms with van der Waals surface area (Å²) in [6, 6.07) is 5.47. The Morgan fingerprint density at radius 1 is 1.00 bits per heavy atom. The van der Waals surface area contributed by atoms with E-state index in [9.17, 15) is 18.8 Å². The Morgan fingerprint density at radius 3 is 2.30 bits per heavy atom. The zero-order chi connectivity index (χ0) is 19.4. The molecule has 7 heteroatoms. The second-order valence-electron chi connectivity index (χ2n) is 7.46. The van der Waals surface area contributed by atoms with Crippen molar-refractivity contribution >= 4 is 17.8 Å². The number of hydrogen-bond donors (Lipinski definition) is 1. The molecular weight excluding hydrogens is 351 g/mol. The van der Waals surface area contributed by atoms with Crippen molar-refractivity contribution in [3.63, 3.8) is 0 Å². The number of carboxylic acid groups (broad SMARTS) is 1. The fourth-order valence-electron chi connectivity index (χ4n) is 4.00. The van der Waals surface area contributed by atoms with Crippen molar-refractivity contribution in [1.82, 2.24) is 9.80 Å². The van der Waals surface area contributed by atoms with Crippen molar-refractivity contribution in [2.45, 2.75) is 32.1 Å². The maximum atomic E-state index is 13.1. The molecule has 1 atom stereocenters. The lowest BCUT2D eigenvalue weighted by Gasteiger charge is -2.37. The van der Waals surface area contributed by atoms with E-state index in [1.165, 1.54) is 24.3 Å². The van der Waals surface area contributed by atoms with Gasteiger partial charge in [0.25, 0.3) is 5.91 Å². The fraction of sp³-hybridized carbons (Fsp3) is 0.550. The molecule has 2 saturated heterocycles. The average Bonchev–Trinajstić information content (AvgIpc) is 2.68. The molecule has 0 bridgehead atoms. The van der Waals surface area contributed by atoms with E-state index in [1.807, 2.05) is 4.90 Å². The van der Waals surface area contributed by atoms with Crippen molar-refractivity contribution < 1.29 is 23.9 Å². The van der Waals surface area contributed by atoms with Crippen LogP contribution in [-0.4, -0.2) is 58.9 Å². The van der Waals surface area contributed by atoms with Gasteiger partial charge >= 0.3 is 5.97 Å². The van der Waals surface area contributed by atoms with Gasteiger partial charge in [-0.05, 0) is 55.9 Å². The molecule has 0 saturated carbocycles. The maximum Gasteiger partial charge on any atom is 0.303 e. The number of nitrogens with zero attached hydrogens (tertiary/aromatic N) is 2. The Hall–Kier alpha value is -2.44. The Morgan fingerprint density at radius 2 is 1.67 bits per heavy atom. The third-order valence-corrected chi connectivity index (χ3v) is 5.54. The molecule has 2 fully saturated rings. The predicted molar refractivity (Wildman–Crippen MR) is 96.6 cm³/mol. The molecule has 1 aromatic rings. The quantitative estimate of drug-likeness (QED) is 0.875. The van der Waals surface area contributed by atoms with Gasteiger partial charge in [0.15, 0.2) is 0 Å². The summed E-state index contributed by atoms with van der Waals surface area (Å²) in [5, 5.41) is 8.90. The number of piperidine rings is 2. The first-order valence-electron chi connectivity index (χ1n) is 9.49. The Bertz CT molecular complexity index is 698. The lowest BCUT2D eigenvalue weighted by Crippen LogP contribution is -2.48. The zero-order valence-corrected chi connectivity index (χ0v) is 15.3. The minimum Gasteiger partial charge on any atom is -0.481 e. The maximum absolute atomic E-state index is 13.1. The van der Waals surface area contributed by atoms with Crippen LogP contribution in [0.3, 0.4) is 0 Å². The van der Waals surface area contributed by atoms with Crippen LogP contribution >= 0.6 is 0 Å². The van der Waals surface area contributed by atoms with Crippen LogP contribution in [0, 0.1) is 17.7 Å². The Labute approximate surface area is 157 Å². The van der Waals surface area contributed by atoms with Crippen molar-refractivity contribution in [2.24, 2.45) is 11.8 Å². The first kappa shape index (κ1) is 19.3. The summed E-state index contributed by atoms with van der Waals surface area (Å²) in [5.41, 5.74) is 0.430. The number of carbonyl (C=O) groups excluding carboxylic acids is 2. The molecule has 0 aromatic heterocycles. The molecule has 1 aromatic carbocycles. The molecule has 6 nitrogen and oxygen atoms in total. The van der Waals surface area contributed by atoms with E-state index < -0.39 is 5.97 Å². The molecule has 3 rings (SSSR count). The lowest BCUT2D eigenvalue weighted by atomic mass is 9.91. The third-order valence-electron chi connectivity index (χ3n) is 5.54. The van der Waals surface area contributed by atoms with Crippen LogP contribution in [0.4, 0.5) is 4.39 Å². The molecular formula is C20H25FN2O4. The molecule has 0 radical (unpaired) electrons. The molecule has 2 aliphatic rings.